The van der Waals surface area contributed by atoms with E-state index in [9.17, 15) is 17.6 Å². The van der Waals surface area contributed by atoms with Gasteiger partial charge in [-0.1, -0.05) is 19.1 Å². The van der Waals surface area contributed by atoms with Crippen molar-refractivity contribution in [3.8, 4) is 0 Å². The fourth-order valence-electron chi connectivity index (χ4n) is 2.40. The van der Waals surface area contributed by atoms with Gasteiger partial charge < -0.3 is 4.90 Å². The van der Waals surface area contributed by atoms with Crippen LogP contribution in [0, 0.1) is 5.82 Å². The Balaban J connectivity index is 2.64. The molecule has 0 N–H and O–H groups in total. The fraction of sp³-hybridized carbons (Fsp3) is 0.562. The van der Waals surface area contributed by atoms with Crippen molar-refractivity contribution in [3.05, 3.63) is 35.6 Å². The summed E-state index contributed by atoms with van der Waals surface area (Å²) in [5.41, 5.74) is 0.762. The van der Waals surface area contributed by atoms with Crippen LogP contribution in [0.3, 0.4) is 0 Å². The Hall–Kier alpha value is -1.43. The number of amides is 1. The summed E-state index contributed by atoms with van der Waals surface area (Å²) in [6.45, 7) is 5.64. The maximum Gasteiger partial charge on any atom is 0.223 e. The standard InChI is InChI=1S/C16H24FNO3S/c1-4-18(13(3)12-22(20,21)5-2)16(19)10-9-14-7-6-8-15(17)11-14/h6-8,11,13H,4-5,9-10,12H2,1-3H3. The molecule has 0 radical (unpaired) electrons. The molecule has 1 atom stereocenters. The van der Waals surface area contributed by atoms with Gasteiger partial charge in [-0.05, 0) is 38.0 Å². The van der Waals surface area contributed by atoms with Crippen molar-refractivity contribution in [3.63, 3.8) is 0 Å². The van der Waals surface area contributed by atoms with Crippen LogP contribution >= 0.6 is 0 Å². The van der Waals surface area contributed by atoms with Gasteiger partial charge >= 0.3 is 0 Å². The molecule has 124 valence electrons. The van der Waals surface area contributed by atoms with E-state index in [0.717, 1.165) is 5.56 Å². The van der Waals surface area contributed by atoms with Crippen LogP contribution in [0.5, 0.6) is 0 Å². The third-order valence-electron chi connectivity index (χ3n) is 3.64. The summed E-state index contributed by atoms with van der Waals surface area (Å²) in [5.74, 6) is -0.375. The van der Waals surface area contributed by atoms with Crippen LogP contribution < -0.4 is 0 Å². The lowest BCUT2D eigenvalue weighted by molar-refractivity contribution is -0.132. The second-order valence-electron chi connectivity index (χ2n) is 5.36. The molecule has 0 saturated heterocycles. The van der Waals surface area contributed by atoms with Crippen molar-refractivity contribution in [2.45, 2.75) is 39.7 Å². The molecular weight excluding hydrogens is 305 g/mol. The van der Waals surface area contributed by atoms with E-state index in [1.165, 1.54) is 12.1 Å². The summed E-state index contributed by atoms with van der Waals surface area (Å²) in [4.78, 5) is 13.9. The summed E-state index contributed by atoms with van der Waals surface area (Å²) in [7, 11) is -3.12. The summed E-state index contributed by atoms with van der Waals surface area (Å²) in [6, 6.07) is 5.81. The highest BCUT2D eigenvalue weighted by molar-refractivity contribution is 7.91. The number of carbonyl (C=O) groups excluding carboxylic acids is 1. The molecule has 0 aliphatic rings. The zero-order valence-electron chi connectivity index (χ0n) is 13.4. The Bertz CT molecular complexity index is 601. The van der Waals surface area contributed by atoms with Gasteiger partial charge in [-0.3, -0.25) is 4.79 Å². The number of aryl methyl sites for hydroxylation is 1. The second kappa shape index (κ2) is 8.27. The predicted octanol–water partition coefficient (Wildman–Crippen LogP) is 2.43. The first-order valence-corrected chi connectivity index (χ1v) is 9.35. The maximum absolute atomic E-state index is 13.1. The van der Waals surface area contributed by atoms with Gasteiger partial charge in [-0.2, -0.15) is 0 Å². The van der Waals surface area contributed by atoms with E-state index < -0.39 is 9.84 Å². The van der Waals surface area contributed by atoms with Crippen molar-refractivity contribution >= 4 is 15.7 Å². The van der Waals surface area contributed by atoms with E-state index in [0.29, 0.717) is 13.0 Å². The number of rotatable bonds is 8. The molecule has 4 nitrogen and oxygen atoms in total. The van der Waals surface area contributed by atoms with Gasteiger partial charge in [0.05, 0.1) is 5.75 Å². The molecule has 0 spiro atoms. The molecule has 0 aliphatic heterocycles. The normalized spacial score (nSPS) is 12.9. The molecule has 0 aromatic heterocycles. The van der Waals surface area contributed by atoms with Crippen molar-refractivity contribution in [2.24, 2.45) is 0 Å². The van der Waals surface area contributed by atoms with Gasteiger partial charge in [0.1, 0.15) is 5.82 Å². The van der Waals surface area contributed by atoms with Crippen LogP contribution in [0.1, 0.15) is 32.8 Å². The zero-order chi connectivity index (χ0) is 16.8. The minimum atomic E-state index is -3.12. The van der Waals surface area contributed by atoms with Crippen molar-refractivity contribution in [1.82, 2.24) is 4.90 Å². The lowest BCUT2D eigenvalue weighted by atomic mass is 10.1. The minimum Gasteiger partial charge on any atom is -0.339 e. The van der Waals surface area contributed by atoms with Gasteiger partial charge in [0.2, 0.25) is 5.91 Å². The lowest BCUT2D eigenvalue weighted by Gasteiger charge is -2.28. The van der Waals surface area contributed by atoms with Gasteiger partial charge in [0.25, 0.3) is 0 Å². The number of halogens is 1. The van der Waals surface area contributed by atoms with Crippen LogP contribution in [0.15, 0.2) is 24.3 Å². The Morgan fingerprint density at radius 3 is 2.55 bits per heavy atom. The Labute approximate surface area is 132 Å². The third-order valence-corrected chi connectivity index (χ3v) is 5.51. The van der Waals surface area contributed by atoms with Gasteiger partial charge in [-0.25, -0.2) is 12.8 Å². The molecule has 0 aliphatic carbocycles. The summed E-state index contributed by atoms with van der Waals surface area (Å²) in [5, 5.41) is 0. The Morgan fingerprint density at radius 2 is 2.00 bits per heavy atom. The van der Waals surface area contributed by atoms with E-state index in [4.69, 9.17) is 0 Å². The smallest absolute Gasteiger partial charge is 0.223 e. The highest BCUT2D eigenvalue weighted by Crippen LogP contribution is 2.10. The number of hydrogen-bond donors (Lipinski definition) is 0. The van der Waals surface area contributed by atoms with Crippen LogP contribution in [-0.2, 0) is 21.1 Å². The summed E-state index contributed by atoms with van der Waals surface area (Å²) >= 11 is 0. The van der Waals surface area contributed by atoms with Gasteiger partial charge in [-0.15, -0.1) is 0 Å². The average Bonchev–Trinajstić information content (AvgIpc) is 2.45. The monoisotopic (exact) mass is 329 g/mol. The van der Waals surface area contributed by atoms with Crippen molar-refractivity contribution < 1.29 is 17.6 Å². The van der Waals surface area contributed by atoms with Crippen molar-refractivity contribution in [2.75, 3.05) is 18.1 Å². The van der Waals surface area contributed by atoms with E-state index in [1.54, 1.807) is 30.9 Å². The van der Waals surface area contributed by atoms with E-state index in [1.807, 2.05) is 6.92 Å². The van der Waals surface area contributed by atoms with Crippen LogP contribution in [-0.4, -0.2) is 43.3 Å². The van der Waals surface area contributed by atoms with Gasteiger partial charge in [0, 0.05) is 24.8 Å². The summed E-state index contributed by atoms with van der Waals surface area (Å²) < 4.78 is 36.5. The molecule has 22 heavy (non-hydrogen) atoms. The predicted molar refractivity (Wildman–Crippen MR) is 85.9 cm³/mol. The van der Waals surface area contributed by atoms with E-state index in [2.05, 4.69) is 0 Å². The average molecular weight is 329 g/mol. The zero-order valence-corrected chi connectivity index (χ0v) is 14.2. The molecule has 1 amide bonds. The third kappa shape index (κ3) is 5.75. The van der Waals surface area contributed by atoms with E-state index >= 15 is 0 Å². The largest absolute Gasteiger partial charge is 0.339 e. The highest BCUT2D eigenvalue weighted by atomic mass is 32.2. The number of sulfone groups is 1. The molecule has 6 heteroatoms. The Morgan fingerprint density at radius 1 is 1.32 bits per heavy atom. The molecule has 1 aromatic carbocycles. The van der Waals surface area contributed by atoms with Crippen LogP contribution in [0.25, 0.3) is 0 Å². The highest BCUT2D eigenvalue weighted by Gasteiger charge is 2.22. The number of hydrogen-bond acceptors (Lipinski definition) is 3. The van der Waals surface area contributed by atoms with Crippen LogP contribution in [0.2, 0.25) is 0 Å². The van der Waals surface area contributed by atoms with Crippen molar-refractivity contribution in [1.29, 1.82) is 0 Å². The number of carbonyl (C=O) groups is 1. The minimum absolute atomic E-state index is 0.0248. The Kier molecular flexibility index (Phi) is 7.00. The maximum atomic E-state index is 13.1. The first-order chi connectivity index (χ1) is 10.3. The first-order valence-electron chi connectivity index (χ1n) is 7.53. The van der Waals surface area contributed by atoms with Gasteiger partial charge in [0.15, 0.2) is 9.84 Å². The quantitative estimate of drug-likeness (QED) is 0.736. The number of benzene rings is 1. The van der Waals surface area contributed by atoms with E-state index in [-0.39, 0.29) is 35.7 Å². The number of nitrogens with zero attached hydrogens (tertiary/aromatic N) is 1. The molecule has 0 saturated carbocycles. The van der Waals surface area contributed by atoms with Crippen LogP contribution in [0.4, 0.5) is 4.39 Å². The SMILES string of the molecule is CCN(C(=O)CCc1cccc(F)c1)C(C)CS(=O)(=O)CC. The molecule has 0 bridgehead atoms. The second-order valence-corrected chi connectivity index (χ2v) is 7.76. The summed E-state index contributed by atoms with van der Waals surface area (Å²) in [6.07, 6.45) is 0.689. The molecule has 0 heterocycles. The molecular formula is C16H24FNO3S. The lowest BCUT2D eigenvalue weighted by Crippen LogP contribution is -2.42. The molecule has 1 rings (SSSR count). The topological polar surface area (TPSA) is 54.5 Å². The fourth-order valence-corrected chi connectivity index (χ4v) is 3.55. The molecule has 0 fully saturated rings. The molecule has 1 unspecified atom stereocenters. The molecule has 1 aromatic rings. The first kappa shape index (κ1) is 18.6.